The van der Waals surface area contributed by atoms with Crippen molar-refractivity contribution in [2.24, 2.45) is 0 Å². The van der Waals surface area contributed by atoms with E-state index in [1.165, 1.54) is 0 Å². The van der Waals surface area contributed by atoms with E-state index in [0.717, 1.165) is 6.54 Å². The van der Waals surface area contributed by atoms with Gasteiger partial charge < -0.3 is 9.80 Å². The quantitative estimate of drug-likeness (QED) is 0.462. The summed E-state index contributed by atoms with van der Waals surface area (Å²) in [5, 5.41) is 0. The molecule has 1 saturated heterocycles. The molecule has 2 amide bonds. The summed E-state index contributed by atoms with van der Waals surface area (Å²) in [7, 11) is 3.65. The lowest BCUT2D eigenvalue weighted by Gasteiger charge is -2.11. The van der Waals surface area contributed by atoms with Crippen LogP contribution >= 0.6 is 0 Å². The molecule has 0 radical (unpaired) electrons. The molecular weight excluding hydrogens is 116 g/mol. The van der Waals surface area contributed by atoms with Crippen molar-refractivity contribution in [1.82, 2.24) is 9.80 Å². The van der Waals surface area contributed by atoms with Gasteiger partial charge in [0.15, 0.2) is 0 Å². The first-order valence-electron chi connectivity index (χ1n) is 3.11. The predicted octanol–water partition coefficient (Wildman–Crippen LogP) is 0.372. The van der Waals surface area contributed by atoms with E-state index in [1.807, 2.05) is 21.0 Å². The highest BCUT2D eigenvalue weighted by atomic mass is 16.2. The summed E-state index contributed by atoms with van der Waals surface area (Å²) < 4.78 is 0. The number of likely N-dealkylation sites (N-methyl/N-ethyl adjacent to an activating group) is 2. The van der Waals surface area contributed by atoms with Gasteiger partial charge in [-0.3, -0.25) is 0 Å². The molecular formula is C6H12N2O. The molecule has 1 atom stereocenters. The number of hydrogen-bond donors (Lipinski definition) is 0. The van der Waals surface area contributed by atoms with Gasteiger partial charge in [0, 0.05) is 26.7 Å². The van der Waals surface area contributed by atoms with Crippen molar-refractivity contribution in [3.8, 4) is 0 Å². The molecule has 52 valence electrons. The Kier molecular flexibility index (Phi) is 1.35. The monoisotopic (exact) mass is 128 g/mol. The zero-order valence-electron chi connectivity index (χ0n) is 6.09. The van der Waals surface area contributed by atoms with E-state index in [9.17, 15) is 4.79 Å². The molecule has 0 aromatic heterocycles. The molecule has 0 saturated carbocycles. The van der Waals surface area contributed by atoms with Crippen LogP contribution in [-0.4, -0.2) is 42.5 Å². The fourth-order valence-corrected chi connectivity index (χ4v) is 1.05. The van der Waals surface area contributed by atoms with E-state index < -0.39 is 0 Å². The Balaban J connectivity index is 2.65. The summed E-state index contributed by atoms with van der Waals surface area (Å²) >= 11 is 0. The molecule has 1 aliphatic heterocycles. The summed E-state index contributed by atoms with van der Waals surface area (Å²) in [6.45, 7) is 2.90. The number of rotatable bonds is 0. The molecule has 0 bridgehead atoms. The van der Waals surface area contributed by atoms with Gasteiger partial charge in [0.05, 0.1) is 0 Å². The standard InChI is InChI=1S/C6H12N2O/c1-5-4-7(2)6(9)8(5)3/h5H,4H2,1-3H3/t5-/m1/s1. The maximum atomic E-state index is 11.0. The van der Waals surface area contributed by atoms with Crippen LogP contribution in [0.1, 0.15) is 6.92 Å². The average molecular weight is 128 g/mol. The Labute approximate surface area is 55.2 Å². The van der Waals surface area contributed by atoms with Gasteiger partial charge in [0.1, 0.15) is 0 Å². The van der Waals surface area contributed by atoms with Crippen LogP contribution in [0.4, 0.5) is 4.79 Å². The highest BCUT2D eigenvalue weighted by molar-refractivity contribution is 5.76. The molecule has 0 unspecified atom stereocenters. The fraction of sp³-hybridized carbons (Fsp3) is 0.833. The summed E-state index contributed by atoms with van der Waals surface area (Å²) in [5.74, 6) is 0. The zero-order chi connectivity index (χ0) is 7.02. The van der Waals surface area contributed by atoms with Crippen LogP contribution in [0, 0.1) is 0 Å². The van der Waals surface area contributed by atoms with Crippen molar-refractivity contribution in [2.75, 3.05) is 20.6 Å². The van der Waals surface area contributed by atoms with Crippen molar-refractivity contribution >= 4 is 6.03 Å². The molecule has 0 aromatic rings. The van der Waals surface area contributed by atoms with E-state index >= 15 is 0 Å². The van der Waals surface area contributed by atoms with E-state index in [-0.39, 0.29) is 6.03 Å². The molecule has 0 aromatic carbocycles. The fourth-order valence-electron chi connectivity index (χ4n) is 1.05. The molecule has 1 fully saturated rings. The van der Waals surface area contributed by atoms with Crippen LogP contribution in [0.15, 0.2) is 0 Å². The van der Waals surface area contributed by atoms with Crippen molar-refractivity contribution in [2.45, 2.75) is 13.0 Å². The lowest BCUT2D eigenvalue weighted by molar-refractivity contribution is 0.202. The Hall–Kier alpha value is -0.730. The van der Waals surface area contributed by atoms with Crippen molar-refractivity contribution in [3.05, 3.63) is 0 Å². The topological polar surface area (TPSA) is 23.6 Å². The minimum absolute atomic E-state index is 0.127. The highest BCUT2D eigenvalue weighted by Crippen LogP contribution is 2.09. The van der Waals surface area contributed by atoms with E-state index in [0.29, 0.717) is 6.04 Å². The zero-order valence-corrected chi connectivity index (χ0v) is 6.09. The Morgan fingerprint density at radius 1 is 1.56 bits per heavy atom. The summed E-state index contributed by atoms with van der Waals surface area (Å²) in [4.78, 5) is 14.4. The van der Waals surface area contributed by atoms with Gasteiger partial charge in [0.25, 0.3) is 0 Å². The van der Waals surface area contributed by atoms with Crippen LogP contribution in [0.25, 0.3) is 0 Å². The molecule has 0 aliphatic carbocycles. The molecule has 0 N–H and O–H groups in total. The number of amides is 2. The first kappa shape index (κ1) is 6.39. The van der Waals surface area contributed by atoms with E-state index in [1.54, 1.807) is 9.80 Å². The number of hydrogen-bond acceptors (Lipinski definition) is 1. The van der Waals surface area contributed by atoms with Crippen LogP contribution in [0.3, 0.4) is 0 Å². The van der Waals surface area contributed by atoms with Crippen LogP contribution in [0.2, 0.25) is 0 Å². The van der Waals surface area contributed by atoms with E-state index in [2.05, 4.69) is 0 Å². The summed E-state index contributed by atoms with van der Waals surface area (Å²) in [6.07, 6.45) is 0. The highest BCUT2D eigenvalue weighted by Gasteiger charge is 2.27. The average Bonchev–Trinajstić information content (AvgIpc) is 1.98. The SMILES string of the molecule is C[C@@H]1CN(C)C(=O)N1C. The number of carbonyl (C=O) groups excluding carboxylic acids is 1. The molecule has 1 heterocycles. The minimum Gasteiger partial charge on any atom is -0.326 e. The summed E-state index contributed by atoms with van der Waals surface area (Å²) in [5.41, 5.74) is 0. The van der Waals surface area contributed by atoms with Gasteiger partial charge in [-0.25, -0.2) is 4.79 Å². The first-order valence-corrected chi connectivity index (χ1v) is 3.11. The third-order valence-electron chi connectivity index (χ3n) is 1.83. The normalized spacial score (nSPS) is 27.9. The van der Waals surface area contributed by atoms with Gasteiger partial charge >= 0.3 is 6.03 Å². The Morgan fingerprint density at radius 2 is 2.11 bits per heavy atom. The number of nitrogens with zero attached hydrogens (tertiary/aromatic N) is 2. The summed E-state index contributed by atoms with van der Waals surface area (Å²) in [6, 6.07) is 0.505. The van der Waals surface area contributed by atoms with Gasteiger partial charge in [0.2, 0.25) is 0 Å². The van der Waals surface area contributed by atoms with Gasteiger partial charge in [-0.15, -0.1) is 0 Å². The lowest BCUT2D eigenvalue weighted by Crippen LogP contribution is -2.28. The third-order valence-corrected chi connectivity index (χ3v) is 1.83. The predicted molar refractivity (Wildman–Crippen MR) is 35.3 cm³/mol. The molecule has 3 nitrogen and oxygen atoms in total. The first-order chi connectivity index (χ1) is 4.13. The van der Waals surface area contributed by atoms with Crippen molar-refractivity contribution < 1.29 is 4.79 Å². The third kappa shape index (κ3) is 0.866. The van der Waals surface area contributed by atoms with Gasteiger partial charge in [-0.05, 0) is 6.92 Å². The maximum absolute atomic E-state index is 11.0. The smallest absolute Gasteiger partial charge is 0.319 e. The molecule has 9 heavy (non-hydrogen) atoms. The Morgan fingerprint density at radius 3 is 2.22 bits per heavy atom. The molecule has 3 heteroatoms. The lowest BCUT2D eigenvalue weighted by atomic mass is 10.3. The molecule has 0 spiro atoms. The second-order valence-electron chi connectivity index (χ2n) is 2.62. The largest absolute Gasteiger partial charge is 0.326 e. The molecule has 1 aliphatic rings. The van der Waals surface area contributed by atoms with Gasteiger partial charge in [-0.2, -0.15) is 0 Å². The van der Waals surface area contributed by atoms with Crippen LogP contribution in [0.5, 0.6) is 0 Å². The maximum Gasteiger partial charge on any atom is 0.319 e. The second kappa shape index (κ2) is 1.90. The van der Waals surface area contributed by atoms with Crippen molar-refractivity contribution in [3.63, 3.8) is 0 Å². The van der Waals surface area contributed by atoms with Crippen LogP contribution < -0.4 is 0 Å². The van der Waals surface area contributed by atoms with Crippen LogP contribution in [-0.2, 0) is 0 Å². The number of carbonyl (C=O) groups is 1. The van der Waals surface area contributed by atoms with Gasteiger partial charge in [-0.1, -0.05) is 0 Å². The van der Waals surface area contributed by atoms with Crippen molar-refractivity contribution in [1.29, 1.82) is 0 Å². The van der Waals surface area contributed by atoms with E-state index in [4.69, 9.17) is 0 Å². The second-order valence-corrected chi connectivity index (χ2v) is 2.62. The Bertz CT molecular complexity index is 135. The number of urea groups is 1. The minimum atomic E-state index is 0.127. The molecule has 1 rings (SSSR count).